The van der Waals surface area contributed by atoms with Gasteiger partial charge in [0.15, 0.2) is 0 Å². The van der Waals surface area contributed by atoms with Gasteiger partial charge in [0.2, 0.25) is 0 Å². The number of hydrogen-bond acceptors (Lipinski definition) is 2. The zero-order valence-corrected chi connectivity index (χ0v) is 12.3. The van der Waals surface area contributed by atoms with Gasteiger partial charge in [-0.05, 0) is 45.4 Å². The zero-order valence-electron chi connectivity index (χ0n) is 10.8. The van der Waals surface area contributed by atoms with E-state index in [-0.39, 0.29) is 5.54 Å². The molecule has 0 aliphatic carbocycles. The topological polar surface area (TPSA) is 24.1 Å². The highest BCUT2D eigenvalue weighted by molar-refractivity contribution is 6.35. The fourth-order valence-corrected chi connectivity index (χ4v) is 1.87. The Kier molecular flexibility index (Phi) is 5.11. The second-order valence-electron chi connectivity index (χ2n) is 5.18. The van der Waals surface area contributed by atoms with Crippen LogP contribution in [0.25, 0.3) is 0 Å². The fourth-order valence-electron chi connectivity index (χ4n) is 1.42. The minimum atomic E-state index is 0.135. The van der Waals surface area contributed by atoms with E-state index in [1.807, 2.05) is 19.1 Å². The van der Waals surface area contributed by atoms with E-state index in [1.54, 1.807) is 0 Å². The standard InChI is InChI=1S/C13H20Cl2N2/c1-9-7-11(15)12(8-10(9)14)16-5-6-17-13(2,3)4/h7-8,16-17H,5-6H2,1-4H3. The molecule has 2 N–H and O–H groups in total. The number of rotatable bonds is 4. The van der Waals surface area contributed by atoms with Gasteiger partial charge in [-0.3, -0.25) is 0 Å². The van der Waals surface area contributed by atoms with Gasteiger partial charge in [0.1, 0.15) is 0 Å². The molecule has 0 amide bonds. The summed E-state index contributed by atoms with van der Waals surface area (Å²) in [5.41, 5.74) is 2.02. The van der Waals surface area contributed by atoms with Crippen LogP contribution in [-0.2, 0) is 0 Å². The molecule has 0 spiro atoms. The lowest BCUT2D eigenvalue weighted by Gasteiger charge is -2.21. The molecule has 1 aromatic carbocycles. The van der Waals surface area contributed by atoms with Crippen LogP contribution in [-0.4, -0.2) is 18.6 Å². The second-order valence-corrected chi connectivity index (χ2v) is 6.00. The molecular formula is C13H20Cl2N2. The molecule has 0 radical (unpaired) electrons. The van der Waals surface area contributed by atoms with E-state index in [0.29, 0.717) is 5.02 Å². The van der Waals surface area contributed by atoms with Crippen molar-refractivity contribution in [3.8, 4) is 0 Å². The van der Waals surface area contributed by atoms with E-state index in [2.05, 4.69) is 31.4 Å². The first kappa shape index (κ1) is 14.6. The van der Waals surface area contributed by atoms with Crippen LogP contribution in [0.3, 0.4) is 0 Å². The zero-order chi connectivity index (χ0) is 13.1. The van der Waals surface area contributed by atoms with Gasteiger partial charge in [-0.25, -0.2) is 0 Å². The summed E-state index contributed by atoms with van der Waals surface area (Å²) in [6.45, 7) is 10.1. The van der Waals surface area contributed by atoms with Gasteiger partial charge >= 0.3 is 0 Å². The van der Waals surface area contributed by atoms with Gasteiger partial charge in [-0.2, -0.15) is 0 Å². The van der Waals surface area contributed by atoms with Crippen LogP contribution in [0.1, 0.15) is 26.3 Å². The minimum absolute atomic E-state index is 0.135. The lowest BCUT2D eigenvalue weighted by molar-refractivity contribution is 0.435. The normalized spacial score (nSPS) is 11.6. The van der Waals surface area contributed by atoms with Gasteiger partial charge < -0.3 is 10.6 Å². The number of anilines is 1. The predicted molar refractivity (Wildman–Crippen MR) is 77.4 cm³/mol. The van der Waals surface area contributed by atoms with Crippen molar-refractivity contribution in [3.05, 3.63) is 27.7 Å². The number of halogens is 2. The predicted octanol–water partition coefficient (Wildman–Crippen LogP) is 4.10. The molecule has 4 heteroatoms. The number of hydrogen-bond donors (Lipinski definition) is 2. The van der Waals surface area contributed by atoms with E-state index >= 15 is 0 Å². The average molecular weight is 275 g/mol. The first-order chi connectivity index (χ1) is 7.79. The summed E-state index contributed by atoms with van der Waals surface area (Å²) in [5, 5.41) is 8.12. The molecule has 96 valence electrons. The summed E-state index contributed by atoms with van der Waals surface area (Å²) < 4.78 is 0. The van der Waals surface area contributed by atoms with Crippen molar-refractivity contribution in [2.75, 3.05) is 18.4 Å². The molecule has 0 saturated carbocycles. The maximum atomic E-state index is 6.13. The molecule has 0 fully saturated rings. The van der Waals surface area contributed by atoms with Crippen molar-refractivity contribution in [1.82, 2.24) is 5.32 Å². The van der Waals surface area contributed by atoms with Gasteiger partial charge in [0, 0.05) is 23.7 Å². The van der Waals surface area contributed by atoms with Gasteiger partial charge in [-0.1, -0.05) is 23.2 Å². The second kappa shape index (κ2) is 5.94. The molecule has 0 aromatic heterocycles. The van der Waals surface area contributed by atoms with E-state index in [4.69, 9.17) is 23.2 Å². The summed E-state index contributed by atoms with van der Waals surface area (Å²) in [4.78, 5) is 0. The molecule has 0 atom stereocenters. The van der Waals surface area contributed by atoms with Crippen LogP contribution in [0.5, 0.6) is 0 Å². The minimum Gasteiger partial charge on any atom is -0.383 e. The van der Waals surface area contributed by atoms with Crippen molar-refractivity contribution in [2.45, 2.75) is 33.2 Å². The average Bonchev–Trinajstić information content (AvgIpc) is 2.18. The first-order valence-corrected chi connectivity index (χ1v) is 6.50. The van der Waals surface area contributed by atoms with E-state index in [9.17, 15) is 0 Å². The molecule has 0 unspecified atom stereocenters. The van der Waals surface area contributed by atoms with E-state index in [0.717, 1.165) is 29.4 Å². The molecule has 2 nitrogen and oxygen atoms in total. The summed E-state index contributed by atoms with van der Waals surface area (Å²) in [5.74, 6) is 0. The highest BCUT2D eigenvalue weighted by Gasteiger charge is 2.08. The van der Waals surface area contributed by atoms with Crippen LogP contribution >= 0.6 is 23.2 Å². The monoisotopic (exact) mass is 274 g/mol. The summed E-state index contributed by atoms with van der Waals surface area (Å²) in [7, 11) is 0. The fraction of sp³-hybridized carbons (Fsp3) is 0.538. The molecule has 0 heterocycles. The molecule has 0 bridgehead atoms. The highest BCUT2D eigenvalue weighted by Crippen LogP contribution is 2.28. The Balaban J connectivity index is 2.50. The highest BCUT2D eigenvalue weighted by atomic mass is 35.5. The Morgan fingerprint density at radius 3 is 2.29 bits per heavy atom. The smallest absolute Gasteiger partial charge is 0.0641 e. The third kappa shape index (κ3) is 5.15. The Bertz CT molecular complexity index is 384. The third-order valence-corrected chi connectivity index (χ3v) is 3.06. The summed E-state index contributed by atoms with van der Waals surface area (Å²) in [6, 6.07) is 3.75. The SMILES string of the molecule is Cc1cc(Cl)c(NCCNC(C)(C)C)cc1Cl. The first-order valence-electron chi connectivity index (χ1n) is 5.74. The molecular weight excluding hydrogens is 255 g/mol. The van der Waals surface area contributed by atoms with E-state index < -0.39 is 0 Å². The number of aryl methyl sites for hydroxylation is 1. The Labute approximate surface area is 114 Å². The number of nitrogens with one attached hydrogen (secondary N) is 2. The summed E-state index contributed by atoms with van der Waals surface area (Å²) >= 11 is 12.2. The maximum absolute atomic E-state index is 6.13. The molecule has 1 rings (SSSR count). The molecule has 0 aliphatic rings. The lowest BCUT2D eigenvalue weighted by Crippen LogP contribution is -2.38. The summed E-state index contributed by atoms with van der Waals surface area (Å²) in [6.07, 6.45) is 0. The van der Waals surface area contributed by atoms with Crippen LogP contribution in [0.15, 0.2) is 12.1 Å². The van der Waals surface area contributed by atoms with Crippen molar-refractivity contribution in [2.24, 2.45) is 0 Å². The Morgan fingerprint density at radius 2 is 1.71 bits per heavy atom. The van der Waals surface area contributed by atoms with Crippen LogP contribution in [0, 0.1) is 6.92 Å². The molecule has 1 aromatic rings. The van der Waals surface area contributed by atoms with Crippen LogP contribution in [0.2, 0.25) is 10.0 Å². The van der Waals surface area contributed by atoms with Crippen molar-refractivity contribution in [1.29, 1.82) is 0 Å². The number of benzene rings is 1. The molecule has 0 aliphatic heterocycles. The quantitative estimate of drug-likeness (QED) is 0.808. The van der Waals surface area contributed by atoms with Gasteiger partial charge in [0.25, 0.3) is 0 Å². The molecule has 0 saturated heterocycles. The van der Waals surface area contributed by atoms with Crippen molar-refractivity contribution >= 4 is 28.9 Å². The third-order valence-electron chi connectivity index (χ3n) is 2.34. The van der Waals surface area contributed by atoms with Crippen molar-refractivity contribution < 1.29 is 0 Å². The van der Waals surface area contributed by atoms with Gasteiger partial charge in [0.05, 0.1) is 10.7 Å². The maximum Gasteiger partial charge on any atom is 0.0641 e. The largest absolute Gasteiger partial charge is 0.383 e. The van der Waals surface area contributed by atoms with Crippen LogP contribution in [0.4, 0.5) is 5.69 Å². The lowest BCUT2D eigenvalue weighted by atomic mass is 10.1. The van der Waals surface area contributed by atoms with Crippen molar-refractivity contribution in [3.63, 3.8) is 0 Å². The Hall–Kier alpha value is -0.440. The van der Waals surface area contributed by atoms with Gasteiger partial charge in [-0.15, -0.1) is 0 Å². The van der Waals surface area contributed by atoms with E-state index in [1.165, 1.54) is 0 Å². The Morgan fingerprint density at radius 1 is 1.06 bits per heavy atom. The van der Waals surface area contributed by atoms with Crippen LogP contribution < -0.4 is 10.6 Å². The molecule has 17 heavy (non-hydrogen) atoms.